The van der Waals surface area contributed by atoms with Crippen LogP contribution in [-0.2, 0) is 0 Å². The lowest BCUT2D eigenvalue weighted by Gasteiger charge is -2.14. The Hall–Kier alpha value is -7.27. The van der Waals surface area contributed by atoms with Gasteiger partial charge in [-0.2, -0.15) is 0 Å². The molecule has 8 aromatic carbocycles. The highest BCUT2D eigenvalue weighted by Gasteiger charge is 2.19. The molecule has 0 saturated carbocycles. The lowest BCUT2D eigenvalue weighted by atomic mass is 9.98. The first-order chi connectivity index (χ1) is 28.3. The van der Waals surface area contributed by atoms with E-state index in [0.717, 1.165) is 11.2 Å². The molecule has 0 bridgehead atoms. The van der Waals surface area contributed by atoms with Crippen LogP contribution in [-0.4, -0.2) is 14.1 Å². The third kappa shape index (κ3) is 5.01. The molecule has 4 aromatic heterocycles. The van der Waals surface area contributed by atoms with Crippen LogP contribution in [0.3, 0.4) is 0 Å². The Morgan fingerprint density at radius 1 is 0.351 bits per heavy atom. The van der Waals surface area contributed by atoms with Crippen molar-refractivity contribution in [3.63, 3.8) is 0 Å². The molecular formula is C53H33N3S. The zero-order valence-corrected chi connectivity index (χ0v) is 31.6. The fourth-order valence-corrected chi connectivity index (χ4v) is 10.2. The second-order valence-electron chi connectivity index (χ2n) is 14.8. The maximum atomic E-state index is 4.61. The predicted molar refractivity (Wildman–Crippen MR) is 242 cm³/mol. The number of para-hydroxylation sites is 1. The zero-order chi connectivity index (χ0) is 37.5. The van der Waals surface area contributed by atoms with Crippen LogP contribution in [0.25, 0.3) is 109 Å². The van der Waals surface area contributed by atoms with Gasteiger partial charge in [-0.15, -0.1) is 11.3 Å². The maximum Gasteiger partial charge on any atom is 0.0725 e. The minimum absolute atomic E-state index is 1.11. The highest BCUT2D eigenvalue weighted by Crippen LogP contribution is 2.42. The van der Waals surface area contributed by atoms with Gasteiger partial charge >= 0.3 is 0 Å². The second kappa shape index (κ2) is 12.6. The minimum Gasteiger partial charge on any atom is -0.309 e. The van der Waals surface area contributed by atoms with E-state index in [-0.39, 0.29) is 0 Å². The van der Waals surface area contributed by atoms with Gasteiger partial charge in [0.05, 0.1) is 38.7 Å². The van der Waals surface area contributed by atoms with Gasteiger partial charge in [0.1, 0.15) is 0 Å². The molecule has 12 aromatic rings. The molecule has 12 rings (SSSR count). The molecule has 3 nitrogen and oxygen atoms in total. The third-order valence-electron chi connectivity index (χ3n) is 11.6. The van der Waals surface area contributed by atoms with Crippen molar-refractivity contribution in [3.05, 3.63) is 200 Å². The number of nitrogens with zero attached hydrogens (tertiary/aromatic N) is 3. The Balaban J connectivity index is 1.04. The van der Waals surface area contributed by atoms with Crippen molar-refractivity contribution in [2.24, 2.45) is 0 Å². The van der Waals surface area contributed by atoms with Crippen LogP contribution >= 0.6 is 11.3 Å². The number of fused-ring (bicyclic) bond motifs is 9. The molecule has 4 heterocycles. The highest BCUT2D eigenvalue weighted by molar-refractivity contribution is 7.26. The normalized spacial score (nSPS) is 11.9. The van der Waals surface area contributed by atoms with Gasteiger partial charge in [0.25, 0.3) is 0 Å². The summed E-state index contributed by atoms with van der Waals surface area (Å²) in [6, 6.07) is 68.7. The molecule has 0 unspecified atom stereocenters. The molecular weight excluding hydrogens is 711 g/mol. The average molecular weight is 744 g/mol. The van der Waals surface area contributed by atoms with Crippen molar-refractivity contribution < 1.29 is 0 Å². The number of benzene rings is 8. The van der Waals surface area contributed by atoms with Crippen molar-refractivity contribution in [2.75, 3.05) is 0 Å². The summed E-state index contributed by atoms with van der Waals surface area (Å²) in [6.07, 6.45) is 3.92. The number of hydrogen-bond donors (Lipinski definition) is 0. The summed E-state index contributed by atoms with van der Waals surface area (Å²) < 4.78 is 7.44. The van der Waals surface area contributed by atoms with Crippen LogP contribution in [0.2, 0.25) is 0 Å². The minimum atomic E-state index is 1.11. The van der Waals surface area contributed by atoms with Crippen LogP contribution in [0.15, 0.2) is 200 Å². The van der Waals surface area contributed by atoms with E-state index in [0.29, 0.717) is 0 Å². The second-order valence-corrected chi connectivity index (χ2v) is 15.8. The third-order valence-corrected chi connectivity index (χ3v) is 12.8. The summed E-state index contributed by atoms with van der Waals surface area (Å²) >= 11 is 1.86. The Labute approximate surface area is 333 Å². The fraction of sp³-hybridized carbons (Fsp3) is 0. The molecule has 0 atom stereocenters. The maximum absolute atomic E-state index is 4.61. The molecule has 0 radical (unpaired) electrons. The first-order valence-electron chi connectivity index (χ1n) is 19.4. The van der Waals surface area contributed by atoms with E-state index in [2.05, 4.69) is 202 Å². The van der Waals surface area contributed by atoms with Crippen molar-refractivity contribution >= 4 is 75.1 Å². The summed E-state index contributed by atoms with van der Waals surface area (Å²) in [5, 5.41) is 7.48. The van der Waals surface area contributed by atoms with E-state index in [1.165, 1.54) is 97.3 Å². The SMILES string of the molecule is c1ccc(-c2cc(-c3ccccc3)cc(-n3c4ccccc4c4cc(-c5ccc6c(c5)c5ccncc5n6-c5cccc6c5sc5ccccc56)ccc43)c2)cc1. The van der Waals surface area contributed by atoms with Crippen molar-refractivity contribution in [3.8, 4) is 44.8 Å². The summed E-state index contributed by atoms with van der Waals surface area (Å²) in [7, 11) is 0. The summed E-state index contributed by atoms with van der Waals surface area (Å²) in [5.41, 5.74) is 14.2. The van der Waals surface area contributed by atoms with E-state index in [1.807, 2.05) is 23.7 Å². The van der Waals surface area contributed by atoms with E-state index < -0.39 is 0 Å². The van der Waals surface area contributed by atoms with Gasteiger partial charge in [0.2, 0.25) is 0 Å². The number of rotatable bonds is 5. The van der Waals surface area contributed by atoms with Crippen molar-refractivity contribution in [2.45, 2.75) is 0 Å². The standard InChI is InChI=1S/C53H33N3S/c1-3-12-34(13-4-1)38-28-39(35-14-5-2-6-15-35)30-40(29-38)55-47-19-9-7-16-41(47)45-31-36(22-24-48(45)55)37-23-25-49-46(32-37)42-26-27-54-33-51(42)56(49)50-20-11-18-44-43-17-8-10-21-52(43)57-53(44)50/h1-33H. The van der Waals surface area contributed by atoms with Crippen LogP contribution in [0.1, 0.15) is 0 Å². The van der Waals surface area contributed by atoms with Gasteiger partial charge < -0.3 is 9.13 Å². The molecule has 0 fully saturated rings. The number of aromatic nitrogens is 3. The molecule has 0 amide bonds. The van der Waals surface area contributed by atoms with Gasteiger partial charge in [-0.1, -0.05) is 121 Å². The smallest absolute Gasteiger partial charge is 0.0725 e. The van der Waals surface area contributed by atoms with E-state index in [9.17, 15) is 0 Å². The first kappa shape index (κ1) is 32.0. The molecule has 0 aliphatic carbocycles. The topological polar surface area (TPSA) is 22.8 Å². The number of pyridine rings is 1. The quantitative estimate of drug-likeness (QED) is 0.172. The zero-order valence-electron chi connectivity index (χ0n) is 30.8. The van der Waals surface area contributed by atoms with Crippen molar-refractivity contribution in [1.82, 2.24) is 14.1 Å². The fourth-order valence-electron chi connectivity index (χ4n) is 8.98. The number of thiophene rings is 1. The summed E-state index contributed by atoms with van der Waals surface area (Å²) in [4.78, 5) is 4.61. The van der Waals surface area contributed by atoms with E-state index >= 15 is 0 Å². The molecule has 266 valence electrons. The Kier molecular flexibility index (Phi) is 7.10. The van der Waals surface area contributed by atoms with E-state index in [1.54, 1.807) is 0 Å². The van der Waals surface area contributed by atoms with Gasteiger partial charge in [0, 0.05) is 48.9 Å². The van der Waals surface area contributed by atoms with Crippen LogP contribution < -0.4 is 0 Å². The van der Waals surface area contributed by atoms with Crippen molar-refractivity contribution in [1.29, 1.82) is 0 Å². The van der Waals surface area contributed by atoms with Gasteiger partial charge in [-0.3, -0.25) is 4.98 Å². The Bertz CT molecular complexity index is 3460. The lowest BCUT2D eigenvalue weighted by molar-refractivity contribution is 1.18. The highest BCUT2D eigenvalue weighted by atomic mass is 32.1. The van der Waals surface area contributed by atoms with Gasteiger partial charge in [0.15, 0.2) is 0 Å². The largest absolute Gasteiger partial charge is 0.309 e. The molecule has 4 heteroatoms. The van der Waals surface area contributed by atoms with E-state index in [4.69, 9.17) is 0 Å². The van der Waals surface area contributed by atoms with Crippen LogP contribution in [0.5, 0.6) is 0 Å². The molecule has 0 aliphatic rings. The molecule has 57 heavy (non-hydrogen) atoms. The lowest BCUT2D eigenvalue weighted by Crippen LogP contribution is -1.96. The Morgan fingerprint density at radius 3 is 1.65 bits per heavy atom. The predicted octanol–water partition coefficient (Wildman–Crippen LogP) is 14.6. The Morgan fingerprint density at radius 2 is 0.930 bits per heavy atom. The molecule has 0 spiro atoms. The first-order valence-corrected chi connectivity index (χ1v) is 20.2. The molecule has 0 aliphatic heterocycles. The molecule has 0 N–H and O–H groups in total. The summed E-state index contributed by atoms with van der Waals surface area (Å²) in [6.45, 7) is 0. The molecule has 0 saturated heterocycles. The van der Waals surface area contributed by atoms with Crippen LogP contribution in [0, 0.1) is 0 Å². The monoisotopic (exact) mass is 743 g/mol. The summed E-state index contributed by atoms with van der Waals surface area (Å²) in [5.74, 6) is 0. The van der Waals surface area contributed by atoms with Crippen LogP contribution in [0.4, 0.5) is 0 Å². The van der Waals surface area contributed by atoms with Gasteiger partial charge in [-0.05, 0) is 100 Å². The average Bonchev–Trinajstić information content (AvgIpc) is 3.94. The number of hydrogen-bond acceptors (Lipinski definition) is 2. The van der Waals surface area contributed by atoms with Gasteiger partial charge in [-0.25, -0.2) is 0 Å².